The first-order valence-electron chi connectivity index (χ1n) is 6.20. The van der Waals surface area contributed by atoms with Crippen LogP contribution in [-0.4, -0.2) is 31.0 Å². The monoisotopic (exact) mass is 299 g/mol. The number of nitriles is 1. The summed E-state index contributed by atoms with van der Waals surface area (Å²) in [4.78, 5) is 22.9. The lowest BCUT2D eigenvalue weighted by atomic mass is 10.2. The predicted octanol–water partition coefficient (Wildman–Crippen LogP) is 1.54. The summed E-state index contributed by atoms with van der Waals surface area (Å²) in [7, 11) is 2.67. The van der Waals surface area contributed by atoms with Gasteiger partial charge in [0, 0.05) is 11.8 Å². The number of nitrogens with two attached hydrogens (primary N) is 1. The first-order valence-corrected chi connectivity index (χ1v) is 6.20. The number of nitrogens with zero attached hydrogens (tertiary/aromatic N) is 2. The van der Waals surface area contributed by atoms with Gasteiger partial charge in [0.2, 0.25) is 0 Å². The van der Waals surface area contributed by atoms with Crippen LogP contribution in [0.1, 0.15) is 26.4 Å². The summed E-state index contributed by atoms with van der Waals surface area (Å²) in [6, 6.07) is 6.59. The molecule has 0 aliphatic heterocycles. The van der Waals surface area contributed by atoms with Crippen molar-refractivity contribution in [2.75, 3.05) is 20.0 Å². The van der Waals surface area contributed by atoms with Gasteiger partial charge in [-0.25, -0.2) is 4.79 Å². The third-order valence-corrected chi connectivity index (χ3v) is 3.14. The third-order valence-electron chi connectivity index (χ3n) is 3.14. The number of methoxy groups -OCH3 is 2. The number of anilines is 1. The molecular formula is C15H13N3O4. The maximum atomic E-state index is 12.0. The highest BCUT2D eigenvalue weighted by Gasteiger charge is 2.23. The Kier molecular flexibility index (Phi) is 4.13. The summed E-state index contributed by atoms with van der Waals surface area (Å²) >= 11 is 0. The Morgan fingerprint density at radius 3 is 2.68 bits per heavy atom. The lowest BCUT2D eigenvalue weighted by Crippen LogP contribution is -2.12. The lowest BCUT2D eigenvalue weighted by Gasteiger charge is -2.13. The fourth-order valence-electron chi connectivity index (χ4n) is 2.07. The summed E-state index contributed by atoms with van der Waals surface area (Å²) in [6.07, 6.45) is 2.06. The minimum absolute atomic E-state index is 0.000369. The Bertz CT molecular complexity index is 787. The zero-order chi connectivity index (χ0) is 16.3. The molecule has 0 unspecified atom stereocenters. The summed E-state index contributed by atoms with van der Waals surface area (Å²) in [5.74, 6) is -0.284. The number of hydrogen-bond donors (Lipinski definition) is 1. The van der Waals surface area contributed by atoms with Crippen LogP contribution in [0.2, 0.25) is 0 Å². The molecule has 1 aromatic heterocycles. The topological polar surface area (TPSA) is 107 Å². The molecule has 0 saturated carbocycles. The quantitative estimate of drug-likeness (QED) is 0.677. The van der Waals surface area contributed by atoms with E-state index >= 15 is 0 Å². The van der Waals surface area contributed by atoms with Gasteiger partial charge in [-0.2, -0.15) is 5.26 Å². The molecule has 22 heavy (non-hydrogen) atoms. The van der Waals surface area contributed by atoms with E-state index in [1.165, 1.54) is 31.0 Å². The van der Waals surface area contributed by atoms with Crippen LogP contribution in [0.15, 0.2) is 24.4 Å². The number of benzene rings is 1. The molecular weight excluding hydrogens is 286 g/mol. The van der Waals surface area contributed by atoms with E-state index in [0.29, 0.717) is 23.3 Å². The van der Waals surface area contributed by atoms with Gasteiger partial charge in [0.1, 0.15) is 18.1 Å². The molecule has 0 aliphatic rings. The molecule has 0 saturated heterocycles. The summed E-state index contributed by atoms with van der Waals surface area (Å²) in [5, 5.41) is 9.10. The zero-order valence-electron chi connectivity index (χ0n) is 12.0. The average Bonchev–Trinajstić information content (AvgIpc) is 2.89. The molecule has 1 aromatic carbocycles. The van der Waals surface area contributed by atoms with Gasteiger partial charge in [0.05, 0.1) is 31.2 Å². The van der Waals surface area contributed by atoms with E-state index in [4.69, 9.17) is 20.5 Å². The molecule has 2 aromatic rings. The molecule has 0 amide bonds. The number of ether oxygens (including phenoxy) is 2. The van der Waals surface area contributed by atoms with Gasteiger partial charge in [0.15, 0.2) is 5.69 Å². The number of hydrogen-bond acceptors (Lipinski definition) is 6. The van der Waals surface area contributed by atoms with Gasteiger partial charge >= 0.3 is 5.97 Å². The van der Waals surface area contributed by atoms with Crippen LogP contribution in [0, 0.1) is 11.3 Å². The SMILES string of the molecule is COC(=O)c1c(N)c(C#N)cn1-c1cc(C=O)ccc1OC. The Balaban J connectivity index is 2.80. The van der Waals surface area contributed by atoms with Crippen molar-refractivity contribution >= 4 is 17.9 Å². The highest BCUT2D eigenvalue weighted by atomic mass is 16.5. The van der Waals surface area contributed by atoms with Crippen LogP contribution in [0.4, 0.5) is 5.69 Å². The molecule has 2 N–H and O–H groups in total. The Morgan fingerprint density at radius 1 is 1.41 bits per heavy atom. The Hall–Kier alpha value is -3.27. The summed E-state index contributed by atoms with van der Waals surface area (Å²) < 4.78 is 11.3. The first-order chi connectivity index (χ1) is 10.6. The van der Waals surface area contributed by atoms with Crippen LogP contribution in [0.25, 0.3) is 5.69 Å². The standard InChI is InChI=1S/C15H13N3O4/c1-21-12-4-3-9(8-19)5-11(12)18-7-10(6-16)13(17)14(18)15(20)22-2/h3-5,7-8H,17H2,1-2H3. The number of carbonyl (C=O) groups is 2. The molecule has 7 heteroatoms. The van der Waals surface area contributed by atoms with Crippen LogP contribution in [0.3, 0.4) is 0 Å². The lowest BCUT2D eigenvalue weighted by molar-refractivity contribution is 0.0593. The van der Waals surface area contributed by atoms with Gasteiger partial charge < -0.3 is 19.8 Å². The molecule has 1 heterocycles. The first kappa shape index (κ1) is 15.1. The molecule has 7 nitrogen and oxygen atoms in total. The van der Waals surface area contributed by atoms with E-state index < -0.39 is 5.97 Å². The summed E-state index contributed by atoms with van der Waals surface area (Å²) in [5.41, 5.74) is 6.76. The van der Waals surface area contributed by atoms with E-state index in [9.17, 15) is 9.59 Å². The predicted molar refractivity (Wildman–Crippen MR) is 78.2 cm³/mol. The molecule has 0 spiro atoms. The van der Waals surface area contributed by atoms with E-state index in [1.54, 1.807) is 12.1 Å². The normalized spacial score (nSPS) is 9.86. The maximum Gasteiger partial charge on any atom is 0.357 e. The highest BCUT2D eigenvalue weighted by molar-refractivity contribution is 5.96. The fraction of sp³-hybridized carbons (Fsp3) is 0.133. The second-order valence-electron chi connectivity index (χ2n) is 4.33. The molecule has 0 fully saturated rings. The minimum Gasteiger partial charge on any atom is -0.495 e. The number of carbonyl (C=O) groups excluding carboxylic acids is 2. The molecule has 112 valence electrons. The molecule has 0 aliphatic carbocycles. The molecule has 0 bridgehead atoms. The average molecular weight is 299 g/mol. The number of rotatable bonds is 4. The number of aldehydes is 1. The second-order valence-corrected chi connectivity index (χ2v) is 4.33. The van der Waals surface area contributed by atoms with Crippen molar-refractivity contribution in [3.63, 3.8) is 0 Å². The van der Waals surface area contributed by atoms with Crippen molar-refractivity contribution in [2.45, 2.75) is 0 Å². The maximum absolute atomic E-state index is 12.0. The van der Waals surface area contributed by atoms with Crippen LogP contribution in [0.5, 0.6) is 5.75 Å². The van der Waals surface area contributed by atoms with Gasteiger partial charge in [0.25, 0.3) is 0 Å². The van der Waals surface area contributed by atoms with Gasteiger partial charge in [-0.15, -0.1) is 0 Å². The number of aromatic nitrogens is 1. The largest absolute Gasteiger partial charge is 0.495 e. The van der Waals surface area contributed by atoms with Gasteiger partial charge in [-0.3, -0.25) is 4.79 Å². The molecule has 0 atom stereocenters. The van der Waals surface area contributed by atoms with Crippen molar-refractivity contribution in [1.29, 1.82) is 5.26 Å². The number of nitrogen functional groups attached to an aromatic ring is 1. The van der Waals surface area contributed by atoms with Crippen molar-refractivity contribution in [3.8, 4) is 17.5 Å². The second kappa shape index (κ2) is 6.01. The number of esters is 1. The van der Waals surface area contributed by atoms with Crippen molar-refractivity contribution in [2.24, 2.45) is 0 Å². The van der Waals surface area contributed by atoms with E-state index in [1.807, 2.05) is 6.07 Å². The summed E-state index contributed by atoms with van der Waals surface area (Å²) in [6.45, 7) is 0. The minimum atomic E-state index is -0.697. The highest BCUT2D eigenvalue weighted by Crippen LogP contribution is 2.30. The van der Waals surface area contributed by atoms with Crippen molar-refractivity contribution < 1.29 is 19.1 Å². The third kappa shape index (κ3) is 2.38. The van der Waals surface area contributed by atoms with Crippen LogP contribution < -0.4 is 10.5 Å². The van der Waals surface area contributed by atoms with Gasteiger partial charge in [-0.05, 0) is 18.2 Å². The zero-order valence-corrected chi connectivity index (χ0v) is 12.0. The van der Waals surface area contributed by atoms with Crippen LogP contribution >= 0.6 is 0 Å². The Morgan fingerprint density at radius 2 is 2.14 bits per heavy atom. The molecule has 2 rings (SSSR count). The van der Waals surface area contributed by atoms with Crippen molar-refractivity contribution in [3.05, 3.63) is 41.2 Å². The van der Waals surface area contributed by atoms with Crippen LogP contribution in [-0.2, 0) is 4.74 Å². The van der Waals surface area contributed by atoms with Crippen molar-refractivity contribution in [1.82, 2.24) is 4.57 Å². The van der Waals surface area contributed by atoms with E-state index in [2.05, 4.69) is 0 Å². The molecule has 0 radical (unpaired) electrons. The fourth-order valence-corrected chi connectivity index (χ4v) is 2.07. The smallest absolute Gasteiger partial charge is 0.357 e. The van der Waals surface area contributed by atoms with E-state index in [0.717, 1.165) is 0 Å². The van der Waals surface area contributed by atoms with Gasteiger partial charge in [-0.1, -0.05) is 0 Å². The Labute approximate surface area is 126 Å². The van der Waals surface area contributed by atoms with E-state index in [-0.39, 0.29) is 16.9 Å².